The Kier molecular flexibility index (Phi) is 8.23. The fraction of sp³-hybridized carbons (Fsp3) is 0.226. The summed E-state index contributed by atoms with van der Waals surface area (Å²) in [6.07, 6.45) is -10.1. The number of rotatable bonds is 6. The van der Waals surface area contributed by atoms with E-state index in [-0.39, 0.29) is 22.5 Å². The van der Waals surface area contributed by atoms with Crippen molar-refractivity contribution < 1.29 is 31.1 Å². The van der Waals surface area contributed by atoms with Crippen molar-refractivity contribution in [3.05, 3.63) is 101 Å². The number of anilines is 1. The molecule has 40 heavy (non-hydrogen) atoms. The number of hydrogen-bond donors (Lipinski definition) is 0. The molecule has 0 N–H and O–H groups in total. The number of ether oxygens (including phenoxy) is 1. The second-order valence-electron chi connectivity index (χ2n) is 9.56. The fourth-order valence-electron chi connectivity index (χ4n) is 4.96. The van der Waals surface area contributed by atoms with E-state index in [0.29, 0.717) is 33.2 Å². The Hall–Kier alpha value is -3.51. The number of alkyl halides is 6. The SMILES string of the molecule is COc1c(C)cc(N(C)C)c(-c2c(P(c3ccccc3)c3ccccc3)cc(C(F)(F)F)cc2C(F)(F)F)c1C. The average molecular weight is 576 g/mol. The van der Waals surface area contributed by atoms with E-state index in [1.54, 1.807) is 99.6 Å². The number of hydrogen-bond acceptors (Lipinski definition) is 2. The Morgan fingerprint density at radius 1 is 0.700 bits per heavy atom. The van der Waals surface area contributed by atoms with Gasteiger partial charge in [-0.3, -0.25) is 0 Å². The largest absolute Gasteiger partial charge is 0.496 e. The van der Waals surface area contributed by atoms with Gasteiger partial charge in [0, 0.05) is 36.5 Å². The van der Waals surface area contributed by atoms with Crippen LogP contribution < -0.4 is 25.6 Å². The first kappa shape index (κ1) is 29.5. The topological polar surface area (TPSA) is 12.5 Å². The molecule has 0 fully saturated rings. The zero-order chi connectivity index (χ0) is 29.4. The molecule has 0 aliphatic rings. The zero-order valence-corrected chi connectivity index (χ0v) is 23.5. The van der Waals surface area contributed by atoms with Crippen molar-refractivity contribution in [1.82, 2.24) is 0 Å². The molecule has 0 atom stereocenters. The Balaban J connectivity index is 2.29. The Morgan fingerprint density at radius 2 is 1.23 bits per heavy atom. The molecule has 0 bridgehead atoms. The number of nitrogens with zero attached hydrogens (tertiary/aromatic N) is 1. The van der Waals surface area contributed by atoms with E-state index in [2.05, 4.69) is 0 Å². The lowest BCUT2D eigenvalue weighted by molar-refractivity contribution is -0.142. The highest BCUT2D eigenvalue weighted by molar-refractivity contribution is 7.80. The van der Waals surface area contributed by atoms with Gasteiger partial charge >= 0.3 is 12.4 Å². The lowest BCUT2D eigenvalue weighted by Crippen LogP contribution is -2.27. The van der Waals surface area contributed by atoms with Crippen LogP contribution >= 0.6 is 7.92 Å². The summed E-state index contributed by atoms with van der Waals surface area (Å²) in [5, 5.41) is 1.22. The molecule has 4 rings (SSSR count). The number of benzene rings is 4. The Bertz CT molecular complexity index is 1460. The van der Waals surface area contributed by atoms with Gasteiger partial charge in [-0.15, -0.1) is 0 Å². The molecule has 0 aliphatic heterocycles. The number of methoxy groups -OCH3 is 1. The van der Waals surface area contributed by atoms with Gasteiger partial charge < -0.3 is 9.64 Å². The fourth-order valence-corrected chi connectivity index (χ4v) is 7.48. The molecule has 0 amide bonds. The van der Waals surface area contributed by atoms with Crippen LogP contribution in [0.5, 0.6) is 5.75 Å². The van der Waals surface area contributed by atoms with Gasteiger partial charge in [0.2, 0.25) is 0 Å². The minimum absolute atomic E-state index is 0.0355. The second-order valence-corrected chi connectivity index (χ2v) is 11.7. The van der Waals surface area contributed by atoms with Crippen LogP contribution in [0.1, 0.15) is 22.3 Å². The van der Waals surface area contributed by atoms with Crippen LogP contribution in [0, 0.1) is 13.8 Å². The van der Waals surface area contributed by atoms with Crippen LogP contribution in [0.4, 0.5) is 32.0 Å². The summed E-state index contributed by atoms with van der Waals surface area (Å²) in [5.41, 5.74) is -1.23. The molecule has 0 unspecified atom stereocenters. The summed E-state index contributed by atoms with van der Waals surface area (Å²) < 4.78 is 92.8. The molecule has 0 radical (unpaired) electrons. The standard InChI is InChI=1S/C31H28F6NOP/c1-19-16-25(38(3)4)27(20(2)29(19)39-5)28-24(31(35,36)37)17-21(30(32,33)34)18-26(28)40(22-12-8-6-9-13-22)23-14-10-7-11-15-23/h6-18H,1-5H3. The van der Waals surface area contributed by atoms with Gasteiger partial charge in [-0.2, -0.15) is 26.3 Å². The highest BCUT2D eigenvalue weighted by Crippen LogP contribution is 2.50. The highest BCUT2D eigenvalue weighted by Gasteiger charge is 2.42. The normalized spacial score (nSPS) is 12.1. The third-order valence-corrected chi connectivity index (χ3v) is 9.10. The molecule has 210 valence electrons. The Morgan fingerprint density at radius 3 is 1.65 bits per heavy atom. The monoisotopic (exact) mass is 575 g/mol. The van der Waals surface area contributed by atoms with Crippen LogP contribution in [-0.4, -0.2) is 21.2 Å². The molecule has 4 aromatic rings. The van der Waals surface area contributed by atoms with E-state index in [1.807, 2.05) is 0 Å². The van der Waals surface area contributed by atoms with Gasteiger partial charge in [0.15, 0.2) is 0 Å². The van der Waals surface area contributed by atoms with Gasteiger partial charge in [0.05, 0.1) is 18.2 Å². The molecular formula is C31H28F6NOP. The van der Waals surface area contributed by atoms with E-state index in [4.69, 9.17) is 4.74 Å². The predicted octanol–water partition coefficient (Wildman–Crippen LogP) is 7.84. The van der Waals surface area contributed by atoms with Gasteiger partial charge in [-0.25, -0.2) is 0 Å². The molecule has 9 heteroatoms. The quantitative estimate of drug-likeness (QED) is 0.172. The molecule has 0 aliphatic carbocycles. The third kappa shape index (κ3) is 5.68. The smallest absolute Gasteiger partial charge is 0.417 e. The lowest BCUT2D eigenvalue weighted by atomic mass is 9.90. The van der Waals surface area contributed by atoms with Crippen molar-refractivity contribution in [1.29, 1.82) is 0 Å². The molecule has 0 spiro atoms. The van der Waals surface area contributed by atoms with E-state index < -0.39 is 31.4 Å². The summed E-state index contributed by atoms with van der Waals surface area (Å²) in [4.78, 5) is 1.67. The molecule has 4 aromatic carbocycles. The van der Waals surface area contributed by atoms with Crippen molar-refractivity contribution in [2.75, 3.05) is 26.1 Å². The summed E-state index contributed by atoms with van der Waals surface area (Å²) >= 11 is 0. The van der Waals surface area contributed by atoms with Gasteiger partial charge in [0.25, 0.3) is 0 Å². The van der Waals surface area contributed by atoms with E-state index in [1.165, 1.54) is 7.11 Å². The van der Waals surface area contributed by atoms with Crippen LogP contribution in [0.15, 0.2) is 78.9 Å². The maximum atomic E-state index is 14.9. The Labute approximate surface area is 231 Å². The third-order valence-electron chi connectivity index (χ3n) is 6.64. The van der Waals surface area contributed by atoms with Crippen molar-refractivity contribution in [3.8, 4) is 16.9 Å². The lowest BCUT2D eigenvalue weighted by Gasteiger charge is -2.30. The minimum atomic E-state index is -5.08. The van der Waals surface area contributed by atoms with Gasteiger partial charge in [0.1, 0.15) is 5.75 Å². The average Bonchev–Trinajstić information content (AvgIpc) is 2.89. The summed E-state index contributed by atoms with van der Waals surface area (Å²) in [5.74, 6) is 0.378. The van der Waals surface area contributed by atoms with Crippen LogP contribution in [0.25, 0.3) is 11.1 Å². The van der Waals surface area contributed by atoms with Gasteiger partial charge in [-0.05, 0) is 61.4 Å². The number of aryl methyl sites for hydroxylation is 1. The van der Waals surface area contributed by atoms with E-state index in [9.17, 15) is 26.3 Å². The molecule has 2 nitrogen and oxygen atoms in total. The van der Waals surface area contributed by atoms with Crippen LogP contribution in [0.3, 0.4) is 0 Å². The highest BCUT2D eigenvalue weighted by atomic mass is 31.1. The summed E-state index contributed by atoms with van der Waals surface area (Å²) in [7, 11) is 2.97. The van der Waals surface area contributed by atoms with Crippen molar-refractivity contribution in [2.24, 2.45) is 0 Å². The minimum Gasteiger partial charge on any atom is -0.496 e. The van der Waals surface area contributed by atoms with Crippen molar-refractivity contribution >= 4 is 29.5 Å². The van der Waals surface area contributed by atoms with Crippen LogP contribution in [0.2, 0.25) is 0 Å². The van der Waals surface area contributed by atoms with E-state index >= 15 is 0 Å². The maximum Gasteiger partial charge on any atom is 0.417 e. The predicted molar refractivity (Wildman–Crippen MR) is 151 cm³/mol. The molecular weight excluding hydrogens is 547 g/mol. The molecule has 0 saturated carbocycles. The first-order valence-corrected chi connectivity index (χ1v) is 13.7. The molecule has 0 heterocycles. The van der Waals surface area contributed by atoms with Gasteiger partial charge in [-0.1, -0.05) is 60.7 Å². The number of halogens is 6. The van der Waals surface area contributed by atoms with Crippen molar-refractivity contribution in [2.45, 2.75) is 26.2 Å². The molecule has 0 saturated heterocycles. The summed E-state index contributed by atoms with van der Waals surface area (Å²) in [6, 6.07) is 20.2. The second kappa shape index (κ2) is 11.2. The zero-order valence-electron chi connectivity index (χ0n) is 22.6. The van der Waals surface area contributed by atoms with Crippen LogP contribution in [-0.2, 0) is 12.4 Å². The summed E-state index contributed by atoms with van der Waals surface area (Å²) in [6.45, 7) is 3.42. The van der Waals surface area contributed by atoms with E-state index in [0.717, 1.165) is 6.07 Å². The first-order valence-electron chi connectivity index (χ1n) is 12.3. The maximum absolute atomic E-state index is 14.9. The first-order chi connectivity index (χ1) is 18.8. The van der Waals surface area contributed by atoms with Crippen molar-refractivity contribution in [3.63, 3.8) is 0 Å². The molecule has 0 aromatic heterocycles.